The van der Waals surface area contributed by atoms with Crippen molar-refractivity contribution in [1.82, 2.24) is 10.2 Å². The summed E-state index contributed by atoms with van der Waals surface area (Å²) >= 11 is 0. The van der Waals surface area contributed by atoms with Crippen molar-refractivity contribution in [2.75, 3.05) is 19.7 Å². The maximum atomic E-state index is 13.3. The predicted octanol–water partition coefficient (Wildman–Crippen LogP) is 3.96. The van der Waals surface area contributed by atoms with Crippen LogP contribution in [0.3, 0.4) is 0 Å². The summed E-state index contributed by atoms with van der Waals surface area (Å²) in [6.07, 6.45) is 2.31. The molecular weight excluding hydrogens is 432 g/mol. The van der Waals surface area contributed by atoms with Gasteiger partial charge in [0.1, 0.15) is 11.8 Å². The van der Waals surface area contributed by atoms with Gasteiger partial charge in [-0.05, 0) is 36.1 Å². The lowest BCUT2D eigenvalue weighted by Crippen LogP contribution is -2.60. The molecule has 0 aliphatic carbocycles. The Hall–Kier alpha value is -3.35. The van der Waals surface area contributed by atoms with E-state index in [1.807, 2.05) is 61.5 Å². The predicted molar refractivity (Wildman–Crippen MR) is 130 cm³/mol. The molecule has 7 heteroatoms. The SMILES string of the molecule is CCCCCOC(=O)CC1C(=O)NCCN1C(=O)C(CC)Oc1ccc(-c2ccccc2)cc1. The van der Waals surface area contributed by atoms with Crippen LogP contribution in [-0.4, -0.2) is 54.5 Å². The number of nitrogens with one attached hydrogen (secondary N) is 1. The van der Waals surface area contributed by atoms with Crippen molar-refractivity contribution in [3.63, 3.8) is 0 Å². The number of rotatable bonds is 11. The number of amides is 2. The first-order valence-corrected chi connectivity index (χ1v) is 12.1. The van der Waals surface area contributed by atoms with Gasteiger partial charge in [0, 0.05) is 13.1 Å². The zero-order chi connectivity index (χ0) is 24.3. The van der Waals surface area contributed by atoms with Crippen molar-refractivity contribution < 1.29 is 23.9 Å². The van der Waals surface area contributed by atoms with E-state index in [4.69, 9.17) is 9.47 Å². The van der Waals surface area contributed by atoms with Crippen LogP contribution in [0.4, 0.5) is 0 Å². The molecule has 0 radical (unpaired) electrons. The second-order valence-electron chi connectivity index (χ2n) is 8.38. The Bertz CT molecular complexity index is 945. The Balaban J connectivity index is 1.64. The highest BCUT2D eigenvalue weighted by Crippen LogP contribution is 2.24. The van der Waals surface area contributed by atoms with Crippen LogP contribution in [0.15, 0.2) is 54.6 Å². The molecule has 1 aliphatic rings. The van der Waals surface area contributed by atoms with Crippen LogP contribution in [-0.2, 0) is 19.1 Å². The smallest absolute Gasteiger partial charge is 0.308 e. The van der Waals surface area contributed by atoms with Gasteiger partial charge < -0.3 is 19.7 Å². The van der Waals surface area contributed by atoms with Crippen LogP contribution in [0.1, 0.15) is 46.0 Å². The summed E-state index contributed by atoms with van der Waals surface area (Å²) in [6, 6.07) is 16.7. The molecular formula is C27H34N2O5. The van der Waals surface area contributed by atoms with E-state index in [-0.39, 0.29) is 18.2 Å². The molecule has 1 saturated heterocycles. The number of nitrogens with zero attached hydrogens (tertiary/aromatic N) is 1. The Morgan fingerprint density at radius 1 is 1.03 bits per heavy atom. The fourth-order valence-electron chi connectivity index (χ4n) is 3.95. The number of piperazine rings is 1. The van der Waals surface area contributed by atoms with E-state index in [0.717, 1.165) is 30.4 Å². The molecule has 34 heavy (non-hydrogen) atoms. The number of esters is 1. The van der Waals surface area contributed by atoms with Gasteiger partial charge in [-0.25, -0.2) is 0 Å². The molecule has 1 heterocycles. The lowest BCUT2D eigenvalue weighted by atomic mass is 10.1. The third-order valence-electron chi connectivity index (χ3n) is 5.87. The number of carbonyl (C=O) groups excluding carboxylic acids is 3. The topological polar surface area (TPSA) is 84.9 Å². The molecule has 7 nitrogen and oxygen atoms in total. The number of unbranched alkanes of at least 4 members (excludes halogenated alkanes) is 2. The Kier molecular flexibility index (Phi) is 9.50. The van der Waals surface area contributed by atoms with Gasteiger partial charge in [0.15, 0.2) is 6.10 Å². The van der Waals surface area contributed by atoms with Gasteiger partial charge in [0.2, 0.25) is 5.91 Å². The zero-order valence-electron chi connectivity index (χ0n) is 20.0. The summed E-state index contributed by atoms with van der Waals surface area (Å²) in [4.78, 5) is 39.6. The molecule has 2 aromatic carbocycles. The van der Waals surface area contributed by atoms with E-state index in [1.165, 1.54) is 4.90 Å². The summed E-state index contributed by atoms with van der Waals surface area (Å²) in [5.41, 5.74) is 2.15. The molecule has 0 bridgehead atoms. The van der Waals surface area contributed by atoms with E-state index in [1.54, 1.807) is 0 Å². The van der Waals surface area contributed by atoms with Crippen molar-refractivity contribution >= 4 is 17.8 Å². The summed E-state index contributed by atoms with van der Waals surface area (Å²) in [5.74, 6) is -0.532. The van der Waals surface area contributed by atoms with Crippen LogP contribution < -0.4 is 10.1 Å². The van der Waals surface area contributed by atoms with E-state index in [2.05, 4.69) is 12.2 Å². The van der Waals surface area contributed by atoms with Crippen molar-refractivity contribution in [3.05, 3.63) is 54.6 Å². The van der Waals surface area contributed by atoms with E-state index in [9.17, 15) is 14.4 Å². The van der Waals surface area contributed by atoms with Gasteiger partial charge in [-0.3, -0.25) is 14.4 Å². The fraction of sp³-hybridized carbons (Fsp3) is 0.444. The van der Waals surface area contributed by atoms with Crippen LogP contribution in [0.25, 0.3) is 11.1 Å². The van der Waals surface area contributed by atoms with Gasteiger partial charge in [-0.2, -0.15) is 0 Å². The monoisotopic (exact) mass is 466 g/mol. The van der Waals surface area contributed by atoms with Gasteiger partial charge >= 0.3 is 5.97 Å². The van der Waals surface area contributed by atoms with Crippen molar-refractivity contribution in [1.29, 1.82) is 0 Å². The first-order valence-electron chi connectivity index (χ1n) is 12.1. The Morgan fingerprint density at radius 3 is 2.41 bits per heavy atom. The summed E-state index contributed by atoms with van der Waals surface area (Å²) in [5, 5.41) is 2.75. The van der Waals surface area contributed by atoms with Crippen LogP contribution in [0.5, 0.6) is 5.75 Å². The van der Waals surface area contributed by atoms with Gasteiger partial charge in [0.05, 0.1) is 13.0 Å². The lowest BCUT2D eigenvalue weighted by Gasteiger charge is -2.36. The number of benzene rings is 2. The molecule has 2 atom stereocenters. The first kappa shape index (κ1) is 25.3. The number of hydrogen-bond donors (Lipinski definition) is 1. The van der Waals surface area contributed by atoms with Crippen LogP contribution in [0.2, 0.25) is 0 Å². The normalized spacial score (nSPS) is 16.5. The van der Waals surface area contributed by atoms with Gasteiger partial charge in [-0.1, -0.05) is 69.2 Å². The highest BCUT2D eigenvalue weighted by molar-refractivity contribution is 5.93. The molecule has 3 rings (SSSR count). The molecule has 1 aliphatic heterocycles. The van der Waals surface area contributed by atoms with E-state index < -0.39 is 18.1 Å². The minimum Gasteiger partial charge on any atom is -0.481 e. The van der Waals surface area contributed by atoms with Crippen LogP contribution in [0, 0.1) is 0 Å². The van der Waals surface area contributed by atoms with Gasteiger partial charge in [0.25, 0.3) is 5.91 Å². The maximum Gasteiger partial charge on any atom is 0.308 e. The molecule has 1 N–H and O–H groups in total. The summed E-state index contributed by atoms with van der Waals surface area (Å²) in [6.45, 7) is 4.93. The Labute approximate surface area is 201 Å². The largest absolute Gasteiger partial charge is 0.481 e. The molecule has 0 spiro atoms. The van der Waals surface area contributed by atoms with Crippen LogP contribution >= 0.6 is 0 Å². The van der Waals surface area contributed by atoms with E-state index >= 15 is 0 Å². The molecule has 0 aromatic heterocycles. The minimum atomic E-state index is -0.891. The lowest BCUT2D eigenvalue weighted by molar-refractivity contribution is -0.154. The maximum absolute atomic E-state index is 13.3. The van der Waals surface area contributed by atoms with E-state index in [0.29, 0.717) is 31.9 Å². The third-order valence-corrected chi connectivity index (χ3v) is 5.87. The van der Waals surface area contributed by atoms with Gasteiger partial charge in [-0.15, -0.1) is 0 Å². The quantitative estimate of drug-likeness (QED) is 0.400. The zero-order valence-corrected chi connectivity index (χ0v) is 20.0. The van der Waals surface area contributed by atoms with Crippen molar-refractivity contribution in [2.24, 2.45) is 0 Å². The number of carbonyl (C=O) groups is 3. The third kappa shape index (κ3) is 6.83. The Morgan fingerprint density at radius 2 is 1.74 bits per heavy atom. The summed E-state index contributed by atoms with van der Waals surface area (Å²) in [7, 11) is 0. The average Bonchev–Trinajstić information content (AvgIpc) is 2.87. The minimum absolute atomic E-state index is 0.161. The first-order chi connectivity index (χ1) is 16.5. The highest BCUT2D eigenvalue weighted by Gasteiger charge is 2.38. The second-order valence-corrected chi connectivity index (χ2v) is 8.38. The highest BCUT2D eigenvalue weighted by atomic mass is 16.5. The molecule has 2 unspecified atom stereocenters. The molecule has 2 aromatic rings. The number of hydrogen-bond acceptors (Lipinski definition) is 5. The molecule has 1 fully saturated rings. The molecule has 2 amide bonds. The van der Waals surface area contributed by atoms with Crippen molar-refractivity contribution in [3.8, 4) is 16.9 Å². The standard InChI is InChI=1S/C27H34N2O5/c1-3-5-9-18-33-25(30)19-23-26(31)28-16-17-29(23)27(32)24(4-2)34-22-14-12-21(13-15-22)20-10-7-6-8-11-20/h6-8,10-15,23-24H,3-5,9,16-19H2,1-2H3,(H,28,31). The molecule has 0 saturated carbocycles. The van der Waals surface area contributed by atoms with Crippen molar-refractivity contribution in [2.45, 2.75) is 58.1 Å². The summed E-state index contributed by atoms with van der Waals surface area (Å²) < 4.78 is 11.3. The fourth-order valence-corrected chi connectivity index (χ4v) is 3.95. The number of ether oxygens (including phenoxy) is 2. The second kappa shape index (κ2) is 12.8. The average molecular weight is 467 g/mol. The molecule has 182 valence electrons.